The van der Waals surface area contributed by atoms with Crippen LogP contribution in [0.25, 0.3) is 0 Å². The first kappa shape index (κ1) is 14.8. The van der Waals surface area contributed by atoms with Crippen molar-refractivity contribution >= 4 is 50.9 Å². The molecule has 0 unspecified atom stereocenters. The summed E-state index contributed by atoms with van der Waals surface area (Å²) in [6, 6.07) is 1.73. The van der Waals surface area contributed by atoms with Crippen LogP contribution in [-0.2, 0) is 4.79 Å². The Labute approximate surface area is 119 Å². The molecule has 0 saturated carbocycles. The van der Waals surface area contributed by atoms with Gasteiger partial charge in [0.2, 0.25) is 5.91 Å². The Balaban J connectivity index is 2.54. The number of hydrogen-bond acceptors (Lipinski definition) is 3. The number of carbonyl (C=O) groups is 1. The molecule has 0 fully saturated rings. The zero-order valence-corrected chi connectivity index (χ0v) is 13.0. The second-order valence-electron chi connectivity index (χ2n) is 4.45. The van der Waals surface area contributed by atoms with Gasteiger partial charge in [-0.05, 0) is 22.0 Å². The van der Waals surface area contributed by atoms with Crippen LogP contribution in [0.2, 0.25) is 5.15 Å². The number of aromatic nitrogens is 1. The molecule has 0 radical (unpaired) electrons. The molecular formula is C11H14BrClN2OS. The van der Waals surface area contributed by atoms with Gasteiger partial charge >= 0.3 is 0 Å². The van der Waals surface area contributed by atoms with Gasteiger partial charge in [0.05, 0.1) is 22.1 Å². The first-order valence-corrected chi connectivity index (χ1v) is 7.18. The van der Waals surface area contributed by atoms with Crippen LogP contribution < -0.4 is 5.32 Å². The molecule has 0 bridgehead atoms. The van der Waals surface area contributed by atoms with Gasteiger partial charge in [0, 0.05) is 4.75 Å². The second kappa shape index (κ2) is 6.07. The average molecular weight is 338 g/mol. The van der Waals surface area contributed by atoms with E-state index < -0.39 is 0 Å². The molecule has 0 aromatic carbocycles. The predicted molar refractivity (Wildman–Crippen MR) is 77.8 cm³/mol. The lowest BCUT2D eigenvalue weighted by Crippen LogP contribution is -2.19. The third-order valence-electron chi connectivity index (χ3n) is 1.72. The summed E-state index contributed by atoms with van der Waals surface area (Å²) < 4.78 is 0.747. The van der Waals surface area contributed by atoms with Crippen LogP contribution in [-0.4, -0.2) is 21.4 Å². The highest BCUT2D eigenvalue weighted by Gasteiger charge is 2.13. The smallest absolute Gasteiger partial charge is 0.234 e. The van der Waals surface area contributed by atoms with Crippen molar-refractivity contribution in [2.45, 2.75) is 25.5 Å². The minimum atomic E-state index is -0.0408. The Morgan fingerprint density at radius 3 is 2.76 bits per heavy atom. The summed E-state index contributed by atoms with van der Waals surface area (Å²) >= 11 is 10.6. The maximum absolute atomic E-state index is 11.6. The van der Waals surface area contributed by atoms with E-state index in [2.05, 4.69) is 47.0 Å². The van der Waals surface area contributed by atoms with E-state index in [1.165, 1.54) is 6.20 Å². The van der Waals surface area contributed by atoms with E-state index in [0.717, 1.165) is 0 Å². The number of nitrogens with one attached hydrogen (secondary N) is 1. The number of amides is 1. The number of hydrogen-bond donors (Lipinski definition) is 1. The normalized spacial score (nSPS) is 11.4. The van der Waals surface area contributed by atoms with E-state index in [0.29, 0.717) is 21.1 Å². The molecule has 1 aromatic rings. The largest absolute Gasteiger partial charge is 0.324 e. The molecule has 1 aromatic heterocycles. The minimum absolute atomic E-state index is 0.0408. The number of carbonyl (C=O) groups excluding carboxylic acids is 1. The summed E-state index contributed by atoms with van der Waals surface area (Å²) in [6.07, 6.45) is 1.53. The topological polar surface area (TPSA) is 42.0 Å². The Hall–Kier alpha value is -0.260. The van der Waals surface area contributed by atoms with E-state index in [9.17, 15) is 4.79 Å². The fraction of sp³-hybridized carbons (Fsp3) is 0.455. The highest BCUT2D eigenvalue weighted by Crippen LogP contribution is 2.25. The number of rotatable bonds is 3. The third kappa shape index (κ3) is 5.75. The summed E-state index contributed by atoms with van der Waals surface area (Å²) in [5.41, 5.74) is 0.640. The van der Waals surface area contributed by atoms with Crippen molar-refractivity contribution in [2.75, 3.05) is 11.1 Å². The van der Waals surface area contributed by atoms with E-state index in [1.807, 2.05) is 0 Å². The van der Waals surface area contributed by atoms with Crippen LogP contribution in [0.3, 0.4) is 0 Å². The van der Waals surface area contributed by atoms with Crippen molar-refractivity contribution < 1.29 is 4.79 Å². The quantitative estimate of drug-likeness (QED) is 0.849. The fourth-order valence-corrected chi connectivity index (χ4v) is 2.06. The molecule has 3 nitrogen and oxygen atoms in total. The average Bonchev–Trinajstić information content (AvgIpc) is 2.20. The Bertz CT molecular complexity index is 420. The summed E-state index contributed by atoms with van der Waals surface area (Å²) in [6.45, 7) is 6.22. The zero-order chi connectivity index (χ0) is 13.1. The third-order valence-corrected chi connectivity index (χ3v) is 4.12. The van der Waals surface area contributed by atoms with Gasteiger partial charge < -0.3 is 5.32 Å². The molecule has 1 rings (SSSR count). The first-order chi connectivity index (χ1) is 7.78. The molecule has 0 spiro atoms. The number of pyridine rings is 1. The molecule has 17 heavy (non-hydrogen) atoms. The van der Waals surface area contributed by atoms with Gasteiger partial charge in [-0.25, -0.2) is 4.98 Å². The van der Waals surface area contributed by atoms with Crippen molar-refractivity contribution in [1.29, 1.82) is 0 Å². The van der Waals surface area contributed by atoms with Crippen LogP contribution >= 0.6 is 39.3 Å². The molecule has 0 saturated heterocycles. The highest BCUT2D eigenvalue weighted by molar-refractivity contribution is 9.10. The predicted octanol–water partition coefficient (Wildman–Crippen LogP) is 3.97. The lowest BCUT2D eigenvalue weighted by atomic mass is 10.3. The van der Waals surface area contributed by atoms with Gasteiger partial charge in [-0.3, -0.25) is 4.79 Å². The van der Waals surface area contributed by atoms with Crippen LogP contribution in [0, 0.1) is 0 Å². The molecule has 1 N–H and O–H groups in total. The molecule has 0 atom stereocenters. The van der Waals surface area contributed by atoms with Gasteiger partial charge in [0.25, 0.3) is 0 Å². The monoisotopic (exact) mass is 336 g/mol. The molecule has 1 amide bonds. The number of halogens is 2. The van der Waals surface area contributed by atoms with E-state index >= 15 is 0 Å². The van der Waals surface area contributed by atoms with Crippen LogP contribution in [0.15, 0.2) is 16.7 Å². The van der Waals surface area contributed by atoms with Gasteiger partial charge in [0.15, 0.2) is 0 Å². The second-order valence-corrected chi connectivity index (χ2v) is 7.46. The van der Waals surface area contributed by atoms with Gasteiger partial charge in [-0.1, -0.05) is 32.4 Å². The Morgan fingerprint density at radius 1 is 1.59 bits per heavy atom. The van der Waals surface area contributed by atoms with Crippen LogP contribution in [0.4, 0.5) is 5.69 Å². The van der Waals surface area contributed by atoms with Crippen molar-refractivity contribution in [2.24, 2.45) is 0 Å². The summed E-state index contributed by atoms with van der Waals surface area (Å²) in [7, 11) is 0. The maximum Gasteiger partial charge on any atom is 0.234 e. The molecule has 6 heteroatoms. The molecular weight excluding hydrogens is 324 g/mol. The van der Waals surface area contributed by atoms with Crippen molar-refractivity contribution in [1.82, 2.24) is 4.98 Å². The van der Waals surface area contributed by atoms with Crippen LogP contribution in [0.5, 0.6) is 0 Å². The molecule has 0 aliphatic carbocycles. The lowest BCUT2D eigenvalue weighted by Gasteiger charge is -2.16. The van der Waals surface area contributed by atoms with Gasteiger partial charge in [0.1, 0.15) is 5.15 Å². The molecule has 0 aliphatic rings. The van der Waals surface area contributed by atoms with E-state index in [-0.39, 0.29) is 10.7 Å². The summed E-state index contributed by atoms with van der Waals surface area (Å²) in [4.78, 5) is 15.6. The van der Waals surface area contributed by atoms with E-state index in [1.54, 1.807) is 17.8 Å². The Morgan fingerprint density at radius 2 is 2.24 bits per heavy atom. The van der Waals surface area contributed by atoms with Gasteiger partial charge in [-0.2, -0.15) is 0 Å². The molecule has 94 valence electrons. The number of nitrogens with zero attached hydrogens (tertiary/aromatic N) is 1. The van der Waals surface area contributed by atoms with Crippen LogP contribution in [0.1, 0.15) is 20.8 Å². The van der Waals surface area contributed by atoms with Crippen molar-refractivity contribution in [3.05, 3.63) is 21.9 Å². The first-order valence-electron chi connectivity index (χ1n) is 5.03. The number of anilines is 1. The van der Waals surface area contributed by atoms with Crippen molar-refractivity contribution in [3.8, 4) is 0 Å². The minimum Gasteiger partial charge on any atom is -0.324 e. The molecule has 1 heterocycles. The standard InChI is InChI=1S/C11H14BrClN2OS/c1-11(2,3)17-6-9(16)15-7-4-8(12)10(13)14-5-7/h4-5H,6H2,1-3H3,(H,15,16). The summed E-state index contributed by atoms with van der Waals surface area (Å²) in [5, 5.41) is 3.15. The SMILES string of the molecule is CC(C)(C)SCC(=O)Nc1cnc(Cl)c(Br)c1. The highest BCUT2D eigenvalue weighted by atomic mass is 79.9. The summed E-state index contributed by atoms with van der Waals surface area (Å²) in [5.74, 6) is 0.380. The maximum atomic E-state index is 11.6. The van der Waals surface area contributed by atoms with E-state index in [4.69, 9.17) is 11.6 Å². The lowest BCUT2D eigenvalue weighted by molar-refractivity contribution is -0.113. The zero-order valence-electron chi connectivity index (χ0n) is 9.88. The number of thioether (sulfide) groups is 1. The van der Waals surface area contributed by atoms with Crippen molar-refractivity contribution in [3.63, 3.8) is 0 Å². The Kier molecular flexibility index (Phi) is 5.28. The van der Waals surface area contributed by atoms with Gasteiger partial charge in [-0.15, -0.1) is 11.8 Å². The fourth-order valence-electron chi connectivity index (χ4n) is 0.969. The molecule has 0 aliphatic heterocycles.